The molecule has 1 fully saturated rings. The summed E-state index contributed by atoms with van der Waals surface area (Å²) in [5.41, 5.74) is 3.61. The topological polar surface area (TPSA) is 78.5 Å². The summed E-state index contributed by atoms with van der Waals surface area (Å²) in [4.78, 5) is 38.8. The number of amides is 3. The van der Waals surface area contributed by atoms with Crippen LogP contribution in [-0.2, 0) is 9.59 Å². The van der Waals surface area contributed by atoms with Gasteiger partial charge in [0.25, 0.3) is 5.91 Å². The molecule has 0 aliphatic heterocycles. The minimum absolute atomic E-state index is 0.0213. The van der Waals surface area contributed by atoms with Gasteiger partial charge in [-0.2, -0.15) is 0 Å². The number of para-hydroxylation sites is 2. The van der Waals surface area contributed by atoms with Gasteiger partial charge < -0.3 is 15.5 Å². The third kappa shape index (κ3) is 4.39. The second-order valence-corrected chi connectivity index (χ2v) is 7.19. The second-order valence-electron chi connectivity index (χ2n) is 7.19. The molecule has 6 heteroatoms. The molecule has 0 radical (unpaired) electrons. The van der Waals surface area contributed by atoms with Crippen molar-refractivity contribution < 1.29 is 14.4 Å². The number of carbonyl (C=O) groups is 3. The molecule has 1 aliphatic carbocycles. The molecule has 0 saturated heterocycles. The Labute approximate surface area is 164 Å². The normalized spacial score (nSPS) is 13.0. The maximum atomic E-state index is 12.6. The first-order valence-corrected chi connectivity index (χ1v) is 9.39. The molecule has 0 atom stereocenters. The highest BCUT2D eigenvalue weighted by Gasteiger charge is 2.33. The minimum atomic E-state index is -0.386. The number of hydrogen-bond acceptors (Lipinski definition) is 3. The molecule has 0 bridgehead atoms. The lowest BCUT2D eigenvalue weighted by atomic mass is 10.1. The van der Waals surface area contributed by atoms with E-state index in [9.17, 15) is 14.4 Å². The van der Waals surface area contributed by atoms with E-state index in [0.717, 1.165) is 29.7 Å². The number of nitrogens with zero attached hydrogens (tertiary/aromatic N) is 1. The Bertz CT molecular complexity index is 899. The minimum Gasteiger partial charge on any atom is -0.343 e. The summed E-state index contributed by atoms with van der Waals surface area (Å²) in [7, 11) is 1.68. The molecule has 0 unspecified atom stereocenters. The summed E-state index contributed by atoms with van der Waals surface area (Å²) in [6.07, 6.45) is 1.80. The predicted molar refractivity (Wildman–Crippen MR) is 109 cm³/mol. The SMILES string of the molecule is Cc1cccc(C)c1NC(=O)CNC(=O)c1ccccc1N(C)C(=O)C1CC1. The van der Waals surface area contributed by atoms with Crippen molar-refractivity contribution in [2.24, 2.45) is 5.92 Å². The number of rotatable bonds is 6. The molecule has 2 aromatic rings. The number of carbonyl (C=O) groups excluding carboxylic acids is 3. The third-order valence-corrected chi connectivity index (χ3v) is 4.92. The zero-order valence-electron chi connectivity index (χ0n) is 16.4. The largest absolute Gasteiger partial charge is 0.343 e. The van der Waals surface area contributed by atoms with Gasteiger partial charge in [-0.25, -0.2) is 0 Å². The summed E-state index contributed by atoms with van der Waals surface area (Å²) in [6, 6.07) is 12.7. The highest BCUT2D eigenvalue weighted by Crippen LogP contribution is 2.33. The fraction of sp³-hybridized carbons (Fsp3) is 0.318. The van der Waals surface area contributed by atoms with Crippen LogP contribution in [0, 0.1) is 19.8 Å². The van der Waals surface area contributed by atoms with Crippen LogP contribution in [0.1, 0.15) is 34.3 Å². The van der Waals surface area contributed by atoms with Crippen molar-refractivity contribution in [2.45, 2.75) is 26.7 Å². The smallest absolute Gasteiger partial charge is 0.253 e. The summed E-state index contributed by atoms with van der Waals surface area (Å²) in [6.45, 7) is 3.69. The Morgan fingerprint density at radius 1 is 1.00 bits per heavy atom. The molecule has 0 heterocycles. The van der Waals surface area contributed by atoms with Crippen LogP contribution < -0.4 is 15.5 Å². The van der Waals surface area contributed by atoms with E-state index in [4.69, 9.17) is 0 Å². The zero-order valence-corrected chi connectivity index (χ0v) is 16.4. The van der Waals surface area contributed by atoms with E-state index >= 15 is 0 Å². The van der Waals surface area contributed by atoms with Gasteiger partial charge in [0.2, 0.25) is 11.8 Å². The number of benzene rings is 2. The van der Waals surface area contributed by atoms with Crippen LogP contribution in [0.15, 0.2) is 42.5 Å². The Balaban J connectivity index is 1.65. The molecular formula is C22H25N3O3. The Morgan fingerprint density at radius 3 is 2.29 bits per heavy atom. The maximum Gasteiger partial charge on any atom is 0.253 e. The van der Waals surface area contributed by atoms with Gasteiger partial charge in [0.1, 0.15) is 0 Å². The maximum absolute atomic E-state index is 12.6. The molecule has 2 aromatic carbocycles. The van der Waals surface area contributed by atoms with Crippen molar-refractivity contribution >= 4 is 29.1 Å². The summed E-state index contributed by atoms with van der Waals surface area (Å²) in [5.74, 6) is -0.606. The lowest BCUT2D eigenvalue weighted by molar-refractivity contribution is -0.119. The molecule has 28 heavy (non-hydrogen) atoms. The molecule has 1 saturated carbocycles. The first-order valence-electron chi connectivity index (χ1n) is 9.39. The molecule has 146 valence electrons. The van der Waals surface area contributed by atoms with Crippen LogP contribution >= 0.6 is 0 Å². The van der Waals surface area contributed by atoms with Gasteiger partial charge in [-0.1, -0.05) is 30.3 Å². The summed E-state index contributed by atoms with van der Waals surface area (Å²) >= 11 is 0. The van der Waals surface area contributed by atoms with Gasteiger partial charge in [-0.15, -0.1) is 0 Å². The second kappa shape index (κ2) is 8.25. The van der Waals surface area contributed by atoms with E-state index in [1.165, 1.54) is 4.90 Å². The van der Waals surface area contributed by atoms with Gasteiger partial charge in [0.15, 0.2) is 0 Å². The van der Waals surface area contributed by atoms with E-state index in [1.54, 1.807) is 31.3 Å². The molecule has 3 amide bonds. The van der Waals surface area contributed by atoms with E-state index in [1.807, 2.05) is 32.0 Å². The van der Waals surface area contributed by atoms with Crippen molar-refractivity contribution in [3.05, 3.63) is 59.2 Å². The molecule has 0 spiro atoms. The average molecular weight is 379 g/mol. The van der Waals surface area contributed by atoms with E-state index in [-0.39, 0.29) is 30.2 Å². The van der Waals surface area contributed by atoms with Gasteiger partial charge in [0.05, 0.1) is 17.8 Å². The lowest BCUT2D eigenvalue weighted by Crippen LogP contribution is -2.35. The van der Waals surface area contributed by atoms with Crippen LogP contribution in [-0.4, -0.2) is 31.3 Å². The first-order chi connectivity index (χ1) is 13.4. The molecule has 1 aliphatic rings. The Kier molecular flexibility index (Phi) is 5.78. The van der Waals surface area contributed by atoms with Crippen LogP contribution in [0.2, 0.25) is 0 Å². The van der Waals surface area contributed by atoms with Crippen LogP contribution in [0.25, 0.3) is 0 Å². The van der Waals surface area contributed by atoms with Gasteiger partial charge >= 0.3 is 0 Å². The molecule has 6 nitrogen and oxygen atoms in total. The van der Waals surface area contributed by atoms with E-state index in [0.29, 0.717) is 11.3 Å². The van der Waals surface area contributed by atoms with Crippen molar-refractivity contribution in [3.63, 3.8) is 0 Å². The quantitative estimate of drug-likeness (QED) is 0.810. The van der Waals surface area contributed by atoms with Crippen molar-refractivity contribution in [1.82, 2.24) is 5.32 Å². The zero-order chi connectivity index (χ0) is 20.3. The molecular weight excluding hydrogens is 354 g/mol. The molecule has 0 aromatic heterocycles. The van der Waals surface area contributed by atoms with Crippen LogP contribution in [0.3, 0.4) is 0 Å². The van der Waals surface area contributed by atoms with Crippen LogP contribution in [0.4, 0.5) is 11.4 Å². The average Bonchev–Trinajstić information content (AvgIpc) is 3.53. The van der Waals surface area contributed by atoms with Crippen molar-refractivity contribution in [2.75, 3.05) is 23.8 Å². The lowest BCUT2D eigenvalue weighted by Gasteiger charge is -2.20. The number of nitrogens with one attached hydrogen (secondary N) is 2. The molecule has 2 N–H and O–H groups in total. The fourth-order valence-electron chi connectivity index (χ4n) is 3.13. The number of hydrogen-bond donors (Lipinski definition) is 2. The van der Waals surface area contributed by atoms with Crippen molar-refractivity contribution in [1.29, 1.82) is 0 Å². The number of anilines is 2. The Morgan fingerprint density at radius 2 is 1.64 bits per heavy atom. The van der Waals surface area contributed by atoms with E-state index in [2.05, 4.69) is 10.6 Å². The van der Waals surface area contributed by atoms with Gasteiger partial charge in [-0.3, -0.25) is 14.4 Å². The monoisotopic (exact) mass is 379 g/mol. The standard InChI is InChI=1S/C22H25N3O3/c1-14-7-6-8-15(2)20(14)24-19(26)13-23-21(27)17-9-4-5-10-18(17)25(3)22(28)16-11-12-16/h4-10,16H,11-13H2,1-3H3,(H,23,27)(H,24,26). The first kappa shape index (κ1) is 19.6. The van der Waals surface area contributed by atoms with Gasteiger partial charge in [0, 0.05) is 18.7 Å². The highest BCUT2D eigenvalue weighted by atomic mass is 16.2. The van der Waals surface area contributed by atoms with Crippen molar-refractivity contribution in [3.8, 4) is 0 Å². The predicted octanol–water partition coefficient (Wildman–Crippen LogP) is 3.04. The summed E-state index contributed by atoms with van der Waals surface area (Å²) < 4.78 is 0. The fourth-order valence-corrected chi connectivity index (χ4v) is 3.13. The van der Waals surface area contributed by atoms with Crippen LogP contribution in [0.5, 0.6) is 0 Å². The third-order valence-electron chi connectivity index (χ3n) is 4.92. The highest BCUT2D eigenvalue weighted by molar-refractivity contribution is 6.06. The summed E-state index contributed by atoms with van der Waals surface area (Å²) in [5, 5.41) is 5.49. The molecule has 3 rings (SSSR count). The van der Waals surface area contributed by atoms with E-state index < -0.39 is 0 Å². The number of aryl methyl sites for hydroxylation is 2. The Hall–Kier alpha value is -3.15. The van der Waals surface area contributed by atoms with Gasteiger partial charge in [-0.05, 0) is 49.9 Å².